The van der Waals surface area contributed by atoms with Crippen molar-refractivity contribution in [3.8, 4) is 11.5 Å². The Labute approximate surface area is 141 Å². The van der Waals surface area contributed by atoms with Gasteiger partial charge in [0.25, 0.3) is 0 Å². The Kier molecular flexibility index (Phi) is 3.99. The average molecular weight is 324 g/mol. The van der Waals surface area contributed by atoms with E-state index in [1.165, 1.54) is 0 Å². The largest absolute Gasteiger partial charge is 0.493 e. The molecule has 124 valence electrons. The van der Waals surface area contributed by atoms with Gasteiger partial charge in [0.1, 0.15) is 18.1 Å². The van der Waals surface area contributed by atoms with Crippen LogP contribution in [0.5, 0.6) is 11.5 Å². The van der Waals surface area contributed by atoms with E-state index >= 15 is 0 Å². The first-order valence-electron chi connectivity index (χ1n) is 8.29. The number of hydrogen-bond acceptors (Lipinski definition) is 4. The highest BCUT2D eigenvalue weighted by molar-refractivity contribution is 5.82. The number of anilines is 1. The molecule has 4 rings (SSSR count). The molecule has 24 heavy (non-hydrogen) atoms. The van der Waals surface area contributed by atoms with Gasteiger partial charge in [-0.25, -0.2) is 0 Å². The third-order valence-corrected chi connectivity index (χ3v) is 4.45. The van der Waals surface area contributed by atoms with Gasteiger partial charge in [-0.3, -0.25) is 4.79 Å². The van der Waals surface area contributed by atoms with Crippen LogP contribution in [0.2, 0.25) is 0 Å². The molecular formula is C19H20N2O3. The first kappa shape index (κ1) is 14.9. The van der Waals surface area contributed by atoms with Crippen LogP contribution in [0, 0.1) is 0 Å². The number of nitrogens with one attached hydrogen (secondary N) is 1. The van der Waals surface area contributed by atoms with E-state index in [4.69, 9.17) is 9.47 Å². The molecule has 5 heteroatoms. The van der Waals surface area contributed by atoms with E-state index in [1.807, 2.05) is 48.5 Å². The molecule has 1 N–H and O–H groups in total. The Bertz CT molecular complexity index is 685. The molecule has 0 radical (unpaired) electrons. The number of amides is 1. The van der Waals surface area contributed by atoms with Gasteiger partial charge < -0.3 is 19.7 Å². The van der Waals surface area contributed by atoms with Gasteiger partial charge in [-0.1, -0.05) is 30.3 Å². The van der Waals surface area contributed by atoms with Crippen molar-refractivity contribution < 1.29 is 14.3 Å². The summed E-state index contributed by atoms with van der Waals surface area (Å²) >= 11 is 0. The predicted molar refractivity (Wildman–Crippen MR) is 91.6 cm³/mol. The second-order valence-corrected chi connectivity index (χ2v) is 6.03. The van der Waals surface area contributed by atoms with Crippen molar-refractivity contribution in [3.05, 3.63) is 54.1 Å². The van der Waals surface area contributed by atoms with Crippen LogP contribution in [0.25, 0.3) is 0 Å². The number of hydrogen-bond donors (Lipinski definition) is 1. The maximum atomic E-state index is 12.6. The number of ether oxygens (including phenoxy) is 2. The van der Waals surface area contributed by atoms with Crippen LogP contribution in [0.1, 0.15) is 18.0 Å². The normalized spacial score (nSPS) is 18.7. The number of carbonyl (C=O) groups excluding carboxylic acids is 1. The fourth-order valence-electron chi connectivity index (χ4n) is 3.30. The molecule has 0 saturated carbocycles. The average Bonchev–Trinajstić information content (AvgIpc) is 2.62. The molecule has 2 aromatic rings. The van der Waals surface area contributed by atoms with E-state index in [1.54, 1.807) is 0 Å². The summed E-state index contributed by atoms with van der Waals surface area (Å²) in [6, 6.07) is 15.8. The molecule has 2 aromatic carbocycles. The van der Waals surface area contributed by atoms with Crippen LogP contribution in [0.4, 0.5) is 5.69 Å². The van der Waals surface area contributed by atoms with E-state index in [-0.39, 0.29) is 11.9 Å². The summed E-state index contributed by atoms with van der Waals surface area (Å²) < 4.78 is 11.3. The lowest BCUT2D eigenvalue weighted by Crippen LogP contribution is -2.43. The van der Waals surface area contributed by atoms with Gasteiger partial charge in [-0.05, 0) is 18.2 Å². The summed E-state index contributed by atoms with van der Waals surface area (Å²) in [7, 11) is 0. The van der Waals surface area contributed by atoms with Crippen LogP contribution in [0.15, 0.2) is 48.5 Å². The molecule has 1 unspecified atom stereocenters. The van der Waals surface area contributed by atoms with Crippen molar-refractivity contribution in [2.75, 3.05) is 31.2 Å². The summed E-state index contributed by atoms with van der Waals surface area (Å²) in [6.07, 6.45) is 0.794. The molecule has 2 aliphatic heterocycles. The number of nitrogens with zero attached hydrogens (tertiary/aromatic N) is 1. The van der Waals surface area contributed by atoms with E-state index < -0.39 is 0 Å². The molecule has 1 atom stereocenters. The Hall–Kier alpha value is -2.69. The number of benzene rings is 2. The number of carbonyl (C=O) groups is 1. The SMILES string of the molecule is O=C(CN1CCOc2ccccc21)NC1CCOc2ccccc21. The molecule has 2 aliphatic rings. The van der Waals surface area contributed by atoms with Gasteiger partial charge in [-0.15, -0.1) is 0 Å². The Morgan fingerprint density at radius 3 is 2.71 bits per heavy atom. The highest BCUT2D eigenvalue weighted by Gasteiger charge is 2.25. The molecule has 5 nitrogen and oxygen atoms in total. The van der Waals surface area contributed by atoms with Crippen molar-refractivity contribution in [1.82, 2.24) is 5.32 Å². The molecule has 0 aromatic heterocycles. The Morgan fingerprint density at radius 2 is 1.79 bits per heavy atom. The van der Waals surface area contributed by atoms with E-state index in [2.05, 4.69) is 10.2 Å². The quantitative estimate of drug-likeness (QED) is 0.943. The maximum absolute atomic E-state index is 12.6. The Morgan fingerprint density at radius 1 is 1.04 bits per heavy atom. The minimum atomic E-state index is 0.0127. The lowest BCUT2D eigenvalue weighted by atomic mass is 10.0. The zero-order valence-corrected chi connectivity index (χ0v) is 13.4. The van der Waals surface area contributed by atoms with Crippen LogP contribution in [-0.2, 0) is 4.79 Å². The molecule has 0 aliphatic carbocycles. The fourth-order valence-corrected chi connectivity index (χ4v) is 3.30. The lowest BCUT2D eigenvalue weighted by molar-refractivity contribution is -0.120. The van der Waals surface area contributed by atoms with E-state index in [0.29, 0.717) is 19.8 Å². The zero-order chi connectivity index (χ0) is 16.4. The second-order valence-electron chi connectivity index (χ2n) is 6.03. The number of rotatable bonds is 3. The van der Waals surface area contributed by atoms with E-state index in [9.17, 15) is 4.79 Å². The minimum Gasteiger partial charge on any atom is -0.493 e. The molecule has 0 saturated heterocycles. The molecule has 0 spiro atoms. The van der Waals surface area contributed by atoms with Gasteiger partial charge in [0.2, 0.25) is 5.91 Å². The molecule has 1 amide bonds. The minimum absolute atomic E-state index is 0.0127. The highest BCUT2D eigenvalue weighted by Crippen LogP contribution is 2.32. The van der Waals surface area contributed by atoms with Crippen molar-refractivity contribution >= 4 is 11.6 Å². The third kappa shape index (κ3) is 2.89. The fraction of sp³-hybridized carbons (Fsp3) is 0.316. The smallest absolute Gasteiger partial charge is 0.240 e. The third-order valence-electron chi connectivity index (χ3n) is 4.45. The Balaban J connectivity index is 1.45. The van der Waals surface area contributed by atoms with Crippen LogP contribution in [-0.4, -0.2) is 32.2 Å². The molecular weight excluding hydrogens is 304 g/mol. The molecule has 0 bridgehead atoms. The first-order chi connectivity index (χ1) is 11.8. The van der Waals surface area contributed by atoms with Gasteiger partial charge in [0.05, 0.1) is 31.4 Å². The van der Waals surface area contributed by atoms with Crippen LogP contribution >= 0.6 is 0 Å². The van der Waals surface area contributed by atoms with E-state index in [0.717, 1.165) is 35.7 Å². The van der Waals surface area contributed by atoms with Crippen LogP contribution < -0.4 is 19.7 Å². The summed E-state index contributed by atoms with van der Waals surface area (Å²) in [5.74, 6) is 1.73. The second kappa shape index (κ2) is 6.43. The maximum Gasteiger partial charge on any atom is 0.240 e. The highest BCUT2D eigenvalue weighted by atomic mass is 16.5. The number of para-hydroxylation sites is 3. The van der Waals surface area contributed by atoms with Crippen molar-refractivity contribution in [1.29, 1.82) is 0 Å². The summed E-state index contributed by atoms with van der Waals surface area (Å²) in [6.45, 7) is 2.28. The summed E-state index contributed by atoms with van der Waals surface area (Å²) in [5, 5.41) is 3.15. The topological polar surface area (TPSA) is 50.8 Å². The van der Waals surface area contributed by atoms with Crippen LogP contribution in [0.3, 0.4) is 0 Å². The monoisotopic (exact) mass is 324 g/mol. The summed E-state index contributed by atoms with van der Waals surface area (Å²) in [5.41, 5.74) is 2.03. The number of fused-ring (bicyclic) bond motifs is 2. The van der Waals surface area contributed by atoms with Crippen molar-refractivity contribution in [3.63, 3.8) is 0 Å². The van der Waals surface area contributed by atoms with Gasteiger partial charge in [0, 0.05) is 12.0 Å². The first-order valence-corrected chi connectivity index (χ1v) is 8.29. The standard InChI is InChI=1S/C19H20N2O3/c22-19(13-21-10-12-24-18-8-4-2-6-16(18)21)20-15-9-11-23-17-7-3-1-5-14(15)17/h1-8,15H,9-13H2,(H,20,22). The van der Waals surface area contributed by atoms with Gasteiger partial charge in [0.15, 0.2) is 0 Å². The predicted octanol–water partition coefficient (Wildman–Crippen LogP) is 2.53. The zero-order valence-electron chi connectivity index (χ0n) is 13.4. The van der Waals surface area contributed by atoms with Gasteiger partial charge in [-0.2, -0.15) is 0 Å². The summed E-state index contributed by atoms with van der Waals surface area (Å²) in [4.78, 5) is 14.6. The van der Waals surface area contributed by atoms with Gasteiger partial charge >= 0.3 is 0 Å². The molecule has 0 fully saturated rings. The van der Waals surface area contributed by atoms with Crippen molar-refractivity contribution in [2.45, 2.75) is 12.5 Å². The van der Waals surface area contributed by atoms with Crippen molar-refractivity contribution in [2.24, 2.45) is 0 Å². The lowest BCUT2D eigenvalue weighted by Gasteiger charge is -2.32. The molecule has 2 heterocycles.